The van der Waals surface area contributed by atoms with Gasteiger partial charge in [-0.2, -0.15) is 4.31 Å². The summed E-state index contributed by atoms with van der Waals surface area (Å²) in [5, 5.41) is 3.14. The molecule has 0 radical (unpaired) electrons. The summed E-state index contributed by atoms with van der Waals surface area (Å²) in [4.78, 5) is 12.8. The lowest BCUT2D eigenvalue weighted by molar-refractivity contribution is 0.0913. The van der Waals surface area contributed by atoms with Crippen LogP contribution in [0.15, 0.2) is 53.4 Å². The van der Waals surface area contributed by atoms with Crippen molar-refractivity contribution >= 4 is 27.5 Å². The molecule has 5 nitrogen and oxygen atoms in total. The molecule has 0 unspecified atom stereocenters. The first-order chi connectivity index (χ1) is 13.7. The SMILES string of the molecule is CC(C)(Cc1ccccc1)NC(=O)c1ccc(Cl)c(S(=O)(=O)N2CCCCC2)c1. The number of carbonyl (C=O) groups excluding carboxylic acids is 1. The van der Waals surface area contributed by atoms with Crippen molar-refractivity contribution in [3.63, 3.8) is 0 Å². The van der Waals surface area contributed by atoms with E-state index in [0.717, 1.165) is 24.8 Å². The van der Waals surface area contributed by atoms with Gasteiger partial charge in [0.15, 0.2) is 0 Å². The van der Waals surface area contributed by atoms with E-state index in [0.29, 0.717) is 19.5 Å². The first kappa shape index (κ1) is 21.8. The molecule has 1 heterocycles. The van der Waals surface area contributed by atoms with Crippen LogP contribution in [0, 0.1) is 0 Å². The van der Waals surface area contributed by atoms with E-state index in [1.807, 2.05) is 44.2 Å². The molecule has 7 heteroatoms. The Morgan fingerprint density at radius 2 is 1.72 bits per heavy atom. The first-order valence-electron chi connectivity index (χ1n) is 9.85. The third-order valence-electron chi connectivity index (χ3n) is 5.07. The minimum Gasteiger partial charge on any atom is -0.347 e. The number of carbonyl (C=O) groups is 1. The number of nitrogens with zero attached hydrogens (tertiary/aromatic N) is 1. The van der Waals surface area contributed by atoms with E-state index in [1.54, 1.807) is 6.07 Å². The standard InChI is InChI=1S/C22H27ClN2O3S/c1-22(2,16-17-9-5-3-6-10-17)24-21(26)18-11-12-19(23)20(15-18)29(27,28)25-13-7-4-8-14-25/h3,5-6,9-12,15H,4,7-8,13-14,16H2,1-2H3,(H,24,26). The Hall–Kier alpha value is -1.89. The zero-order valence-electron chi connectivity index (χ0n) is 16.8. The molecule has 1 N–H and O–H groups in total. The van der Waals surface area contributed by atoms with Crippen LogP contribution in [0.2, 0.25) is 5.02 Å². The zero-order valence-corrected chi connectivity index (χ0v) is 18.4. The van der Waals surface area contributed by atoms with E-state index in [9.17, 15) is 13.2 Å². The normalized spacial score (nSPS) is 15.8. The van der Waals surface area contributed by atoms with Crippen molar-refractivity contribution in [2.75, 3.05) is 13.1 Å². The van der Waals surface area contributed by atoms with Crippen molar-refractivity contribution in [2.24, 2.45) is 0 Å². The van der Waals surface area contributed by atoms with E-state index in [2.05, 4.69) is 5.32 Å². The number of benzene rings is 2. The second-order valence-corrected chi connectivity index (χ2v) is 10.4. The van der Waals surface area contributed by atoms with Gasteiger partial charge >= 0.3 is 0 Å². The van der Waals surface area contributed by atoms with Crippen LogP contribution < -0.4 is 5.32 Å². The van der Waals surface area contributed by atoms with Crippen molar-refractivity contribution in [1.29, 1.82) is 0 Å². The zero-order chi connectivity index (χ0) is 21.1. The molecule has 1 amide bonds. The van der Waals surface area contributed by atoms with E-state index in [-0.39, 0.29) is 21.4 Å². The van der Waals surface area contributed by atoms with Gasteiger partial charge in [0.2, 0.25) is 10.0 Å². The molecule has 1 aliphatic heterocycles. The highest BCUT2D eigenvalue weighted by Gasteiger charge is 2.29. The van der Waals surface area contributed by atoms with Gasteiger partial charge < -0.3 is 5.32 Å². The van der Waals surface area contributed by atoms with Crippen LogP contribution in [0.3, 0.4) is 0 Å². The largest absolute Gasteiger partial charge is 0.347 e. The third-order valence-corrected chi connectivity index (χ3v) is 7.45. The molecule has 0 aliphatic carbocycles. The number of rotatable bonds is 6. The Morgan fingerprint density at radius 1 is 1.07 bits per heavy atom. The number of nitrogens with one attached hydrogen (secondary N) is 1. The fourth-order valence-corrected chi connectivity index (χ4v) is 5.63. The smallest absolute Gasteiger partial charge is 0.251 e. The van der Waals surface area contributed by atoms with Gasteiger partial charge in [0.1, 0.15) is 4.90 Å². The molecule has 0 aromatic heterocycles. The third kappa shape index (κ3) is 5.38. The van der Waals surface area contributed by atoms with Crippen LogP contribution in [0.5, 0.6) is 0 Å². The van der Waals surface area contributed by atoms with Crippen molar-refractivity contribution in [3.8, 4) is 0 Å². The highest BCUT2D eigenvalue weighted by molar-refractivity contribution is 7.89. The second-order valence-electron chi connectivity index (χ2n) is 8.11. The van der Waals surface area contributed by atoms with Crippen molar-refractivity contribution < 1.29 is 13.2 Å². The Kier molecular flexibility index (Phi) is 6.66. The molecule has 2 aromatic carbocycles. The molecule has 3 rings (SSSR count). The Morgan fingerprint density at radius 3 is 2.38 bits per heavy atom. The van der Waals surface area contributed by atoms with E-state index >= 15 is 0 Å². The molecule has 29 heavy (non-hydrogen) atoms. The molecule has 156 valence electrons. The molecule has 0 spiro atoms. The number of piperidine rings is 1. The molecular weight excluding hydrogens is 408 g/mol. The highest BCUT2D eigenvalue weighted by Crippen LogP contribution is 2.28. The fourth-order valence-electron chi connectivity index (χ4n) is 3.62. The lowest BCUT2D eigenvalue weighted by atomic mass is 9.94. The number of hydrogen-bond acceptors (Lipinski definition) is 3. The Bertz CT molecular complexity index is 969. The average molecular weight is 435 g/mol. The molecule has 1 saturated heterocycles. The van der Waals surface area contributed by atoms with Crippen molar-refractivity contribution in [2.45, 2.75) is 50.0 Å². The van der Waals surface area contributed by atoms with Crippen LogP contribution in [-0.4, -0.2) is 37.3 Å². The number of sulfonamides is 1. The quantitative estimate of drug-likeness (QED) is 0.738. The summed E-state index contributed by atoms with van der Waals surface area (Å²) in [6.45, 7) is 4.86. The van der Waals surface area contributed by atoms with Crippen molar-refractivity contribution in [3.05, 3.63) is 64.7 Å². The predicted molar refractivity (Wildman–Crippen MR) is 116 cm³/mol. The van der Waals surface area contributed by atoms with Crippen molar-refractivity contribution in [1.82, 2.24) is 9.62 Å². The molecule has 0 bridgehead atoms. The van der Waals surface area contributed by atoms with Gasteiger partial charge in [0.05, 0.1) is 5.02 Å². The topological polar surface area (TPSA) is 66.5 Å². The summed E-state index contributed by atoms with van der Waals surface area (Å²) in [6.07, 6.45) is 3.36. The van der Waals surface area contributed by atoms with Gasteiger partial charge in [-0.25, -0.2) is 8.42 Å². The summed E-state index contributed by atoms with van der Waals surface area (Å²) in [7, 11) is -3.72. The Labute approximate surface area is 178 Å². The maximum Gasteiger partial charge on any atom is 0.251 e. The average Bonchev–Trinajstić information content (AvgIpc) is 2.68. The van der Waals surface area contributed by atoms with Gasteiger partial charge in [0.25, 0.3) is 5.91 Å². The van der Waals surface area contributed by atoms with Crippen LogP contribution in [-0.2, 0) is 16.4 Å². The van der Waals surface area contributed by atoms with E-state index in [1.165, 1.54) is 16.4 Å². The van der Waals surface area contributed by atoms with Crippen LogP contribution in [0.1, 0.15) is 49.0 Å². The van der Waals surface area contributed by atoms with Crippen LogP contribution >= 0.6 is 11.6 Å². The fraction of sp³-hybridized carbons (Fsp3) is 0.409. The lowest BCUT2D eigenvalue weighted by Crippen LogP contribution is -2.45. The number of halogens is 1. The molecule has 1 aliphatic rings. The molecule has 0 saturated carbocycles. The second kappa shape index (κ2) is 8.86. The highest BCUT2D eigenvalue weighted by atomic mass is 35.5. The maximum absolute atomic E-state index is 13.0. The van der Waals surface area contributed by atoms with Gasteiger partial charge in [-0.05, 0) is 56.9 Å². The lowest BCUT2D eigenvalue weighted by Gasteiger charge is -2.27. The number of amides is 1. The van der Waals surface area contributed by atoms with Gasteiger partial charge in [0, 0.05) is 24.2 Å². The van der Waals surface area contributed by atoms with E-state index < -0.39 is 15.6 Å². The predicted octanol–water partition coefficient (Wildman–Crippen LogP) is 4.27. The first-order valence-corrected chi connectivity index (χ1v) is 11.7. The summed E-state index contributed by atoms with van der Waals surface area (Å²) >= 11 is 6.21. The minimum atomic E-state index is -3.72. The minimum absolute atomic E-state index is 0.00502. The Balaban J connectivity index is 1.80. The summed E-state index contributed by atoms with van der Waals surface area (Å²) < 4.78 is 27.5. The van der Waals surface area contributed by atoms with Gasteiger partial charge in [-0.1, -0.05) is 48.4 Å². The van der Waals surface area contributed by atoms with Gasteiger partial charge in [-0.15, -0.1) is 0 Å². The molecular formula is C22H27ClN2O3S. The summed E-state index contributed by atoms with van der Waals surface area (Å²) in [6, 6.07) is 14.3. The number of hydrogen-bond donors (Lipinski definition) is 1. The van der Waals surface area contributed by atoms with Crippen LogP contribution in [0.25, 0.3) is 0 Å². The summed E-state index contributed by atoms with van der Waals surface area (Å²) in [5.41, 5.74) is 0.901. The maximum atomic E-state index is 13.0. The molecule has 1 fully saturated rings. The van der Waals surface area contributed by atoms with E-state index in [4.69, 9.17) is 11.6 Å². The molecule has 0 atom stereocenters. The van der Waals surface area contributed by atoms with Crippen LogP contribution in [0.4, 0.5) is 0 Å². The van der Waals surface area contributed by atoms with Gasteiger partial charge in [-0.3, -0.25) is 4.79 Å². The molecule has 2 aromatic rings. The monoisotopic (exact) mass is 434 g/mol. The summed E-state index contributed by atoms with van der Waals surface area (Å²) in [5.74, 6) is -0.322.